The van der Waals surface area contributed by atoms with Crippen molar-refractivity contribution >= 4 is 0 Å². The van der Waals surface area contributed by atoms with E-state index in [4.69, 9.17) is 0 Å². The third kappa shape index (κ3) is 1.11. The highest BCUT2D eigenvalue weighted by molar-refractivity contribution is 5.24. The van der Waals surface area contributed by atoms with Crippen LogP contribution in [0.15, 0.2) is 30.3 Å². The molecule has 2 aliphatic rings. The molecule has 1 saturated carbocycles. The molecule has 2 unspecified atom stereocenters. The molecule has 3 atom stereocenters. The van der Waals surface area contributed by atoms with Gasteiger partial charge < -0.3 is 5.32 Å². The molecule has 3 rings (SSSR count). The van der Waals surface area contributed by atoms with Crippen LogP contribution < -0.4 is 5.32 Å². The number of hydrogen-bond donors (Lipinski definition) is 1. The zero-order valence-corrected chi connectivity index (χ0v) is 7.74. The van der Waals surface area contributed by atoms with E-state index in [1.165, 1.54) is 19.5 Å². The number of hydrogen-bond acceptors (Lipinski definition) is 1. The molecular formula is C12H15N. The summed E-state index contributed by atoms with van der Waals surface area (Å²) >= 11 is 0. The van der Waals surface area contributed by atoms with Crippen molar-refractivity contribution in [2.75, 3.05) is 13.1 Å². The summed E-state index contributed by atoms with van der Waals surface area (Å²) in [5.74, 6) is 2.76. The highest BCUT2D eigenvalue weighted by atomic mass is 14.9. The predicted molar refractivity (Wildman–Crippen MR) is 53.6 cm³/mol. The maximum atomic E-state index is 3.48. The standard InChI is InChI=1S/C12H15N/c1-2-4-9(5-3-1)11-6-10-7-13-8-12(10)11/h1-5,10-13H,6-8H2/t10-,11?,12?/m0/s1. The molecule has 1 heterocycles. The van der Waals surface area contributed by atoms with E-state index in [1.54, 1.807) is 5.56 Å². The van der Waals surface area contributed by atoms with Crippen LogP contribution in [0, 0.1) is 11.8 Å². The molecule has 1 N–H and O–H groups in total. The van der Waals surface area contributed by atoms with Gasteiger partial charge in [-0.05, 0) is 42.8 Å². The minimum atomic E-state index is 0.848. The van der Waals surface area contributed by atoms with Crippen LogP contribution in [0.1, 0.15) is 17.9 Å². The van der Waals surface area contributed by atoms with E-state index in [2.05, 4.69) is 35.6 Å². The van der Waals surface area contributed by atoms with Crippen molar-refractivity contribution in [3.63, 3.8) is 0 Å². The maximum absolute atomic E-state index is 3.48. The first-order valence-corrected chi connectivity index (χ1v) is 5.21. The Morgan fingerprint density at radius 3 is 2.69 bits per heavy atom. The largest absolute Gasteiger partial charge is 0.316 e. The Kier molecular flexibility index (Phi) is 1.66. The molecule has 13 heavy (non-hydrogen) atoms. The Bertz CT molecular complexity index is 293. The average molecular weight is 173 g/mol. The molecule has 1 aromatic rings. The molecule has 1 nitrogen and oxygen atoms in total. The zero-order chi connectivity index (χ0) is 8.67. The lowest BCUT2D eigenvalue weighted by molar-refractivity contribution is 0.191. The van der Waals surface area contributed by atoms with Crippen LogP contribution in [-0.2, 0) is 0 Å². The Labute approximate surface area is 79.2 Å². The molecule has 1 aromatic carbocycles. The van der Waals surface area contributed by atoms with Crippen LogP contribution in [0.3, 0.4) is 0 Å². The van der Waals surface area contributed by atoms with Gasteiger partial charge in [0.1, 0.15) is 0 Å². The molecule has 1 heteroatoms. The summed E-state index contributed by atoms with van der Waals surface area (Å²) in [6, 6.07) is 11.0. The minimum Gasteiger partial charge on any atom is -0.316 e. The van der Waals surface area contributed by atoms with E-state index in [0.29, 0.717) is 0 Å². The summed E-state index contributed by atoms with van der Waals surface area (Å²) in [4.78, 5) is 0. The molecule has 68 valence electrons. The fraction of sp³-hybridized carbons (Fsp3) is 0.500. The van der Waals surface area contributed by atoms with Crippen molar-refractivity contribution in [3.8, 4) is 0 Å². The molecule has 0 radical (unpaired) electrons. The van der Waals surface area contributed by atoms with Gasteiger partial charge in [-0.15, -0.1) is 0 Å². The summed E-state index contributed by atoms with van der Waals surface area (Å²) in [6.07, 6.45) is 1.40. The molecule has 1 aliphatic heterocycles. The van der Waals surface area contributed by atoms with E-state index < -0.39 is 0 Å². The van der Waals surface area contributed by atoms with Gasteiger partial charge in [-0.3, -0.25) is 0 Å². The van der Waals surface area contributed by atoms with Crippen LogP contribution in [0.2, 0.25) is 0 Å². The fourth-order valence-electron chi connectivity index (χ4n) is 2.87. The van der Waals surface area contributed by atoms with Crippen molar-refractivity contribution in [2.45, 2.75) is 12.3 Å². The van der Waals surface area contributed by atoms with Gasteiger partial charge in [0.05, 0.1) is 0 Å². The van der Waals surface area contributed by atoms with Crippen LogP contribution in [0.5, 0.6) is 0 Å². The molecular weight excluding hydrogens is 158 g/mol. The Hall–Kier alpha value is -0.820. The van der Waals surface area contributed by atoms with Crippen molar-refractivity contribution < 1.29 is 0 Å². The highest BCUT2D eigenvalue weighted by Gasteiger charge is 2.44. The second-order valence-electron chi connectivity index (χ2n) is 4.34. The van der Waals surface area contributed by atoms with Gasteiger partial charge in [-0.1, -0.05) is 30.3 Å². The second-order valence-corrected chi connectivity index (χ2v) is 4.34. The summed E-state index contributed by atoms with van der Waals surface area (Å²) in [6.45, 7) is 2.50. The molecule has 2 fully saturated rings. The molecule has 1 saturated heterocycles. The Morgan fingerprint density at radius 2 is 1.92 bits per heavy atom. The lowest BCUT2D eigenvalue weighted by Gasteiger charge is -2.40. The fourth-order valence-corrected chi connectivity index (χ4v) is 2.87. The smallest absolute Gasteiger partial charge is 0.00114 e. The van der Waals surface area contributed by atoms with Crippen LogP contribution in [0.25, 0.3) is 0 Å². The summed E-state index contributed by atoms with van der Waals surface area (Å²) < 4.78 is 0. The topological polar surface area (TPSA) is 12.0 Å². The van der Waals surface area contributed by atoms with Gasteiger partial charge >= 0.3 is 0 Å². The van der Waals surface area contributed by atoms with Crippen molar-refractivity contribution in [3.05, 3.63) is 35.9 Å². The molecule has 0 bridgehead atoms. The van der Waals surface area contributed by atoms with Crippen molar-refractivity contribution in [2.24, 2.45) is 11.8 Å². The van der Waals surface area contributed by atoms with Crippen LogP contribution in [0.4, 0.5) is 0 Å². The number of benzene rings is 1. The van der Waals surface area contributed by atoms with E-state index in [-0.39, 0.29) is 0 Å². The third-order valence-corrected chi connectivity index (χ3v) is 3.69. The van der Waals surface area contributed by atoms with Gasteiger partial charge in [-0.25, -0.2) is 0 Å². The van der Waals surface area contributed by atoms with Gasteiger partial charge in [0.2, 0.25) is 0 Å². The van der Waals surface area contributed by atoms with Gasteiger partial charge in [0.25, 0.3) is 0 Å². The van der Waals surface area contributed by atoms with Crippen LogP contribution >= 0.6 is 0 Å². The first-order chi connectivity index (χ1) is 6.45. The average Bonchev–Trinajstić information content (AvgIpc) is 2.50. The third-order valence-electron chi connectivity index (χ3n) is 3.69. The zero-order valence-electron chi connectivity index (χ0n) is 7.74. The molecule has 0 amide bonds. The summed E-state index contributed by atoms with van der Waals surface area (Å²) in [7, 11) is 0. The number of fused-ring (bicyclic) bond motifs is 1. The number of rotatable bonds is 1. The molecule has 0 aromatic heterocycles. The lowest BCUT2D eigenvalue weighted by atomic mass is 9.64. The van der Waals surface area contributed by atoms with Crippen molar-refractivity contribution in [1.29, 1.82) is 0 Å². The van der Waals surface area contributed by atoms with Crippen molar-refractivity contribution in [1.82, 2.24) is 5.32 Å². The second kappa shape index (κ2) is 2.85. The first kappa shape index (κ1) is 7.57. The molecule has 1 aliphatic carbocycles. The maximum Gasteiger partial charge on any atom is -0.00114 e. The van der Waals surface area contributed by atoms with E-state index in [1.807, 2.05) is 0 Å². The van der Waals surface area contributed by atoms with Gasteiger partial charge in [0, 0.05) is 0 Å². The first-order valence-electron chi connectivity index (χ1n) is 5.21. The van der Waals surface area contributed by atoms with Gasteiger partial charge in [-0.2, -0.15) is 0 Å². The Morgan fingerprint density at radius 1 is 1.08 bits per heavy atom. The van der Waals surface area contributed by atoms with E-state index in [0.717, 1.165) is 17.8 Å². The number of nitrogens with one attached hydrogen (secondary N) is 1. The quantitative estimate of drug-likeness (QED) is 0.685. The SMILES string of the molecule is c1ccc(C2C[C@H]3CNCC23)cc1. The summed E-state index contributed by atoms with van der Waals surface area (Å²) in [5, 5.41) is 3.48. The monoisotopic (exact) mass is 173 g/mol. The Balaban J connectivity index is 1.81. The van der Waals surface area contributed by atoms with Gasteiger partial charge in [0.15, 0.2) is 0 Å². The molecule has 0 spiro atoms. The normalized spacial score (nSPS) is 36.8. The van der Waals surface area contributed by atoms with E-state index >= 15 is 0 Å². The lowest BCUT2D eigenvalue weighted by Crippen LogP contribution is -2.33. The van der Waals surface area contributed by atoms with E-state index in [9.17, 15) is 0 Å². The summed E-state index contributed by atoms with van der Waals surface area (Å²) in [5.41, 5.74) is 1.55. The minimum absolute atomic E-state index is 0.848. The predicted octanol–water partition coefficient (Wildman–Crippen LogP) is 2.01. The van der Waals surface area contributed by atoms with Crippen LogP contribution in [-0.4, -0.2) is 13.1 Å². The highest BCUT2D eigenvalue weighted by Crippen LogP contribution is 2.48.